The Morgan fingerprint density at radius 1 is 1.07 bits per heavy atom. The van der Waals surface area contributed by atoms with Crippen LogP contribution in [-0.2, 0) is 10.2 Å². The average Bonchev–Trinajstić information content (AvgIpc) is 2.60. The summed E-state index contributed by atoms with van der Waals surface area (Å²) in [5.74, 6) is 0.467. The van der Waals surface area contributed by atoms with Crippen LogP contribution in [0.25, 0.3) is 0 Å². The first-order chi connectivity index (χ1) is 12.5. The second kappa shape index (κ2) is 9.55. The molecule has 2 aromatic rings. The average molecular weight is 479 g/mol. The molecule has 4 nitrogen and oxygen atoms in total. The van der Waals surface area contributed by atoms with Crippen LogP contribution in [-0.4, -0.2) is 25.7 Å². The van der Waals surface area contributed by atoms with Gasteiger partial charge in [-0.05, 0) is 68.0 Å². The number of ether oxygens (including phenoxy) is 1. The molecule has 3 N–H and O–H groups in total. The minimum absolute atomic E-state index is 0. The van der Waals surface area contributed by atoms with Crippen molar-refractivity contribution >= 4 is 35.6 Å². The van der Waals surface area contributed by atoms with Gasteiger partial charge in [-0.1, -0.05) is 30.3 Å². The first-order valence-electron chi connectivity index (χ1n) is 9.28. The van der Waals surface area contributed by atoms with Gasteiger partial charge in [-0.25, -0.2) is 0 Å². The smallest absolute Gasteiger partial charge is 0.193 e. The minimum Gasteiger partial charge on any atom is -0.381 e. The van der Waals surface area contributed by atoms with Crippen LogP contribution in [0.4, 0.5) is 5.69 Å². The Kier molecular flexibility index (Phi) is 7.68. The Labute approximate surface area is 179 Å². The molecule has 1 heterocycles. The molecule has 0 spiro atoms. The number of benzene rings is 2. The van der Waals surface area contributed by atoms with Gasteiger partial charge in [0.05, 0.1) is 6.54 Å². The van der Waals surface area contributed by atoms with E-state index in [1.165, 1.54) is 22.3 Å². The molecule has 0 aliphatic carbocycles. The highest BCUT2D eigenvalue weighted by Crippen LogP contribution is 2.37. The van der Waals surface area contributed by atoms with Gasteiger partial charge in [-0.2, -0.15) is 0 Å². The second-order valence-corrected chi connectivity index (χ2v) is 7.41. The van der Waals surface area contributed by atoms with Gasteiger partial charge >= 0.3 is 0 Å². The Hall–Kier alpha value is -1.60. The summed E-state index contributed by atoms with van der Waals surface area (Å²) in [6.07, 6.45) is 1.94. The van der Waals surface area contributed by atoms with E-state index in [2.05, 4.69) is 68.6 Å². The molecule has 0 bridgehead atoms. The van der Waals surface area contributed by atoms with E-state index in [-0.39, 0.29) is 29.4 Å². The fraction of sp³-hybridized carbons (Fsp3) is 0.409. The normalized spacial score (nSPS) is 16.5. The lowest BCUT2D eigenvalue weighted by molar-refractivity contribution is 0.0529. The lowest BCUT2D eigenvalue weighted by Gasteiger charge is -2.37. The maximum atomic E-state index is 6.21. The lowest BCUT2D eigenvalue weighted by atomic mass is 9.72. The van der Waals surface area contributed by atoms with E-state index in [4.69, 9.17) is 15.5 Å². The number of hydrogen-bond acceptors (Lipinski definition) is 2. The molecule has 0 atom stereocenters. The van der Waals surface area contributed by atoms with Gasteiger partial charge in [0.15, 0.2) is 5.96 Å². The molecule has 1 saturated heterocycles. The molecule has 1 aliphatic heterocycles. The van der Waals surface area contributed by atoms with Gasteiger partial charge in [0.1, 0.15) is 0 Å². The van der Waals surface area contributed by atoms with Crippen LogP contribution in [0.2, 0.25) is 0 Å². The Morgan fingerprint density at radius 2 is 1.70 bits per heavy atom. The zero-order valence-electron chi connectivity index (χ0n) is 16.4. The quantitative estimate of drug-likeness (QED) is 0.380. The van der Waals surface area contributed by atoms with Crippen molar-refractivity contribution in [3.8, 4) is 0 Å². The first-order valence-corrected chi connectivity index (χ1v) is 9.28. The zero-order valence-corrected chi connectivity index (χ0v) is 18.7. The van der Waals surface area contributed by atoms with Crippen molar-refractivity contribution in [2.45, 2.75) is 39.0 Å². The van der Waals surface area contributed by atoms with Crippen LogP contribution in [0.3, 0.4) is 0 Å². The van der Waals surface area contributed by atoms with Gasteiger partial charge in [0, 0.05) is 24.3 Å². The maximum Gasteiger partial charge on any atom is 0.193 e. The Balaban J connectivity index is 0.00000261. The third-order valence-electron chi connectivity index (χ3n) is 5.21. The summed E-state index contributed by atoms with van der Waals surface area (Å²) in [4.78, 5) is 4.72. The van der Waals surface area contributed by atoms with Gasteiger partial charge < -0.3 is 15.8 Å². The predicted octanol–water partition coefficient (Wildman–Crippen LogP) is 4.70. The van der Waals surface area contributed by atoms with E-state index in [1.807, 2.05) is 0 Å². The van der Waals surface area contributed by atoms with Crippen LogP contribution in [0.5, 0.6) is 0 Å². The van der Waals surface area contributed by atoms with E-state index < -0.39 is 0 Å². The van der Waals surface area contributed by atoms with Crippen LogP contribution < -0.4 is 11.1 Å². The Bertz CT molecular complexity index is 778. The summed E-state index contributed by atoms with van der Waals surface area (Å²) < 4.78 is 5.62. The van der Waals surface area contributed by atoms with Crippen molar-refractivity contribution < 1.29 is 4.74 Å². The number of aryl methyl sites for hydroxylation is 3. The molecule has 27 heavy (non-hydrogen) atoms. The molecular weight excluding hydrogens is 449 g/mol. The molecule has 0 amide bonds. The molecule has 2 aromatic carbocycles. The maximum absolute atomic E-state index is 6.21. The molecule has 146 valence electrons. The molecule has 1 fully saturated rings. The number of anilines is 1. The first kappa shape index (κ1) is 21.7. The summed E-state index contributed by atoms with van der Waals surface area (Å²) in [6.45, 7) is 8.56. The molecule has 0 radical (unpaired) electrons. The third-order valence-corrected chi connectivity index (χ3v) is 5.21. The van der Waals surface area contributed by atoms with Gasteiger partial charge in [-0.3, -0.25) is 4.99 Å². The van der Waals surface area contributed by atoms with Crippen molar-refractivity contribution in [1.82, 2.24) is 0 Å². The van der Waals surface area contributed by atoms with Crippen molar-refractivity contribution in [1.29, 1.82) is 0 Å². The standard InChI is InChI=1S/C22H29N3O.HI/c1-16-12-17(2)14-19(13-16)25-21(23)24-15-22(8-10-26-11-9-22)20-7-5-4-6-18(20)3;/h4-7,12-14H,8-11,15H2,1-3H3,(H3,23,24,25);1H. The molecule has 1 aliphatic rings. The molecule has 0 aromatic heterocycles. The van der Waals surface area contributed by atoms with Crippen molar-refractivity contribution in [2.75, 3.05) is 25.1 Å². The van der Waals surface area contributed by atoms with Gasteiger partial charge in [-0.15, -0.1) is 24.0 Å². The number of halogens is 1. The number of nitrogens with zero attached hydrogens (tertiary/aromatic N) is 1. The lowest BCUT2D eigenvalue weighted by Crippen LogP contribution is -2.38. The molecular formula is C22H30IN3O. The highest BCUT2D eigenvalue weighted by molar-refractivity contribution is 14.0. The van der Waals surface area contributed by atoms with E-state index in [1.54, 1.807) is 0 Å². The largest absolute Gasteiger partial charge is 0.381 e. The van der Waals surface area contributed by atoms with Crippen LogP contribution in [0.15, 0.2) is 47.5 Å². The number of aliphatic imine (C=N–C) groups is 1. The topological polar surface area (TPSA) is 59.6 Å². The predicted molar refractivity (Wildman–Crippen MR) is 124 cm³/mol. The van der Waals surface area contributed by atoms with Crippen LogP contribution in [0.1, 0.15) is 35.1 Å². The molecule has 0 saturated carbocycles. The van der Waals surface area contributed by atoms with Crippen molar-refractivity contribution in [2.24, 2.45) is 10.7 Å². The van der Waals surface area contributed by atoms with Crippen LogP contribution >= 0.6 is 24.0 Å². The fourth-order valence-electron chi connectivity index (χ4n) is 3.91. The monoisotopic (exact) mass is 479 g/mol. The van der Waals surface area contributed by atoms with E-state index >= 15 is 0 Å². The van der Waals surface area contributed by atoms with Crippen molar-refractivity contribution in [3.63, 3.8) is 0 Å². The molecule has 3 rings (SSSR count). The number of hydrogen-bond donors (Lipinski definition) is 2. The van der Waals surface area contributed by atoms with E-state index in [0.29, 0.717) is 12.5 Å². The highest BCUT2D eigenvalue weighted by atomic mass is 127. The highest BCUT2D eigenvalue weighted by Gasteiger charge is 2.35. The summed E-state index contributed by atoms with van der Waals surface area (Å²) in [7, 11) is 0. The van der Waals surface area contributed by atoms with Crippen LogP contribution in [0, 0.1) is 20.8 Å². The summed E-state index contributed by atoms with van der Waals surface area (Å²) in [5.41, 5.74) is 12.3. The zero-order chi connectivity index (χ0) is 18.6. The summed E-state index contributed by atoms with van der Waals surface area (Å²) >= 11 is 0. The number of rotatable bonds is 4. The summed E-state index contributed by atoms with van der Waals surface area (Å²) in [5, 5.41) is 3.24. The van der Waals surface area contributed by atoms with Gasteiger partial charge in [0.2, 0.25) is 0 Å². The molecule has 0 unspecified atom stereocenters. The number of nitrogens with one attached hydrogen (secondary N) is 1. The fourth-order valence-corrected chi connectivity index (χ4v) is 3.91. The number of guanidine groups is 1. The van der Waals surface area contributed by atoms with E-state index in [9.17, 15) is 0 Å². The second-order valence-electron chi connectivity index (χ2n) is 7.41. The molecule has 5 heteroatoms. The Morgan fingerprint density at radius 3 is 2.33 bits per heavy atom. The van der Waals surface area contributed by atoms with Gasteiger partial charge in [0.25, 0.3) is 0 Å². The summed E-state index contributed by atoms with van der Waals surface area (Å²) in [6, 6.07) is 14.9. The minimum atomic E-state index is -0.00157. The number of nitrogens with two attached hydrogens (primary N) is 1. The van der Waals surface area contributed by atoms with E-state index in [0.717, 1.165) is 31.7 Å². The SMILES string of the molecule is Cc1cc(C)cc(NC(N)=NCC2(c3ccccc3C)CCOCC2)c1.I. The van der Waals surface area contributed by atoms with Crippen molar-refractivity contribution in [3.05, 3.63) is 64.7 Å². The third kappa shape index (κ3) is 5.45.